The molecule has 0 saturated heterocycles. The predicted molar refractivity (Wildman–Crippen MR) is 101 cm³/mol. The van der Waals surface area contributed by atoms with Crippen LogP contribution in [0.2, 0.25) is 0 Å². The van der Waals surface area contributed by atoms with E-state index in [1.54, 1.807) is 0 Å². The van der Waals surface area contributed by atoms with Gasteiger partial charge in [0.2, 0.25) is 0 Å². The van der Waals surface area contributed by atoms with Crippen molar-refractivity contribution in [2.45, 2.75) is 12.5 Å². The summed E-state index contributed by atoms with van der Waals surface area (Å²) in [5.41, 5.74) is 5.19. The van der Waals surface area contributed by atoms with Crippen LogP contribution in [-0.2, 0) is 6.42 Å². The van der Waals surface area contributed by atoms with Gasteiger partial charge < -0.3 is 10.3 Å². The third-order valence-corrected chi connectivity index (χ3v) is 6.56. The van der Waals surface area contributed by atoms with Gasteiger partial charge >= 0.3 is 0 Å². The van der Waals surface area contributed by atoms with Crippen LogP contribution in [0, 0.1) is 0 Å². The van der Waals surface area contributed by atoms with Gasteiger partial charge in [-0.05, 0) is 79.7 Å². The van der Waals surface area contributed by atoms with Crippen LogP contribution in [0.5, 0.6) is 0 Å². The second-order valence-corrected chi connectivity index (χ2v) is 8.14. The molecule has 22 heavy (non-hydrogen) atoms. The zero-order chi connectivity index (χ0) is 15.3. The molecule has 2 aromatic carbocycles. The van der Waals surface area contributed by atoms with Gasteiger partial charge in [0.25, 0.3) is 0 Å². The van der Waals surface area contributed by atoms with E-state index >= 15 is 0 Å². The number of fused-ring (bicyclic) bond motifs is 3. The van der Waals surface area contributed by atoms with Gasteiger partial charge in [-0.25, -0.2) is 0 Å². The average Bonchev–Trinajstić information content (AvgIpc) is 2.88. The van der Waals surface area contributed by atoms with Crippen LogP contribution in [0.3, 0.4) is 0 Å². The van der Waals surface area contributed by atoms with E-state index in [2.05, 4.69) is 94.5 Å². The molecule has 2 heterocycles. The Hall–Kier alpha value is -0.620. The maximum absolute atomic E-state index is 3.63. The predicted octanol–water partition coefficient (Wildman–Crippen LogP) is 5.69. The number of aromatic amines is 1. The molecule has 0 radical (unpaired) electrons. The van der Waals surface area contributed by atoms with E-state index in [1.807, 2.05) is 0 Å². The molecular formula is C17H13Br3N2. The van der Waals surface area contributed by atoms with Crippen molar-refractivity contribution in [1.82, 2.24) is 10.3 Å². The van der Waals surface area contributed by atoms with Gasteiger partial charge in [0, 0.05) is 36.6 Å². The zero-order valence-corrected chi connectivity index (χ0v) is 16.3. The van der Waals surface area contributed by atoms with Crippen molar-refractivity contribution in [2.75, 3.05) is 6.54 Å². The molecule has 112 valence electrons. The largest absolute Gasteiger partial charge is 0.357 e. The molecular weight excluding hydrogens is 472 g/mol. The van der Waals surface area contributed by atoms with Crippen molar-refractivity contribution >= 4 is 58.7 Å². The Morgan fingerprint density at radius 3 is 2.64 bits per heavy atom. The Kier molecular flexibility index (Phi) is 3.93. The number of H-pyrrole nitrogens is 1. The van der Waals surface area contributed by atoms with Gasteiger partial charge in [0.05, 0.1) is 6.04 Å². The summed E-state index contributed by atoms with van der Waals surface area (Å²) < 4.78 is 3.29. The van der Waals surface area contributed by atoms with Crippen molar-refractivity contribution in [2.24, 2.45) is 0 Å². The SMILES string of the molecule is Brc1ccc2[nH]c3c(c2c1)CCNC3c1ccc(Br)c(Br)c1. The maximum Gasteiger partial charge on any atom is 0.0732 e. The van der Waals surface area contributed by atoms with Gasteiger partial charge in [-0.15, -0.1) is 0 Å². The molecule has 3 aromatic rings. The minimum Gasteiger partial charge on any atom is -0.357 e. The first-order chi connectivity index (χ1) is 10.6. The molecule has 1 aliphatic rings. The molecule has 1 unspecified atom stereocenters. The topological polar surface area (TPSA) is 27.8 Å². The van der Waals surface area contributed by atoms with Crippen LogP contribution in [0.25, 0.3) is 10.9 Å². The third kappa shape index (κ3) is 2.48. The Balaban J connectivity index is 1.88. The van der Waals surface area contributed by atoms with E-state index < -0.39 is 0 Å². The first kappa shape index (κ1) is 14.9. The summed E-state index contributed by atoms with van der Waals surface area (Å²) in [4.78, 5) is 3.62. The summed E-state index contributed by atoms with van der Waals surface area (Å²) in [6.45, 7) is 0.991. The molecule has 1 atom stereocenters. The molecule has 5 heteroatoms. The summed E-state index contributed by atoms with van der Waals surface area (Å²) in [6, 6.07) is 13.1. The normalized spacial score (nSPS) is 17.7. The van der Waals surface area contributed by atoms with Crippen molar-refractivity contribution < 1.29 is 0 Å². The fourth-order valence-electron chi connectivity index (χ4n) is 3.18. The number of hydrogen-bond acceptors (Lipinski definition) is 1. The van der Waals surface area contributed by atoms with Crippen LogP contribution >= 0.6 is 47.8 Å². The van der Waals surface area contributed by atoms with E-state index in [9.17, 15) is 0 Å². The Labute approximate surface area is 154 Å². The second kappa shape index (κ2) is 5.78. The number of hydrogen-bond donors (Lipinski definition) is 2. The van der Waals surface area contributed by atoms with Crippen molar-refractivity contribution in [3.05, 3.63) is 66.6 Å². The summed E-state index contributed by atoms with van der Waals surface area (Å²) in [6.07, 6.45) is 1.06. The number of rotatable bonds is 1. The highest BCUT2D eigenvalue weighted by Crippen LogP contribution is 2.36. The quantitative estimate of drug-likeness (QED) is 0.456. The number of nitrogens with one attached hydrogen (secondary N) is 2. The summed E-state index contributed by atoms with van der Waals surface area (Å²) in [5, 5.41) is 4.96. The van der Waals surface area contributed by atoms with Gasteiger partial charge in [-0.2, -0.15) is 0 Å². The first-order valence-corrected chi connectivity index (χ1v) is 9.50. The van der Waals surface area contributed by atoms with E-state index in [-0.39, 0.29) is 6.04 Å². The minimum absolute atomic E-state index is 0.208. The molecule has 2 N–H and O–H groups in total. The van der Waals surface area contributed by atoms with Gasteiger partial charge in [0.1, 0.15) is 0 Å². The highest BCUT2D eigenvalue weighted by atomic mass is 79.9. The lowest BCUT2D eigenvalue weighted by atomic mass is 9.94. The lowest BCUT2D eigenvalue weighted by Crippen LogP contribution is -2.30. The van der Waals surface area contributed by atoms with Crippen LogP contribution in [-0.4, -0.2) is 11.5 Å². The number of aromatic nitrogens is 1. The monoisotopic (exact) mass is 482 g/mol. The molecule has 0 fully saturated rings. The molecule has 1 aromatic heterocycles. The third-order valence-electron chi connectivity index (χ3n) is 4.19. The maximum atomic E-state index is 3.63. The summed E-state index contributed by atoms with van der Waals surface area (Å²) in [5.74, 6) is 0. The van der Waals surface area contributed by atoms with E-state index in [4.69, 9.17) is 0 Å². The smallest absolute Gasteiger partial charge is 0.0732 e. The van der Waals surface area contributed by atoms with Crippen molar-refractivity contribution in [3.8, 4) is 0 Å². The van der Waals surface area contributed by atoms with Crippen LogP contribution in [0.15, 0.2) is 49.8 Å². The van der Waals surface area contributed by atoms with Crippen molar-refractivity contribution in [3.63, 3.8) is 0 Å². The van der Waals surface area contributed by atoms with Crippen LogP contribution in [0.1, 0.15) is 22.9 Å². The highest BCUT2D eigenvalue weighted by Gasteiger charge is 2.25. The fourth-order valence-corrected chi connectivity index (χ4v) is 4.18. The van der Waals surface area contributed by atoms with Gasteiger partial charge in [-0.1, -0.05) is 22.0 Å². The Bertz CT molecular complexity index is 870. The molecule has 0 amide bonds. The van der Waals surface area contributed by atoms with Crippen LogP contribution in [0.4, 0.5) is 0 Å². The van der Waals surface area contributed by atoms with Crippen LogP contribution < -0.4 is 5.32 Å². The van der Waals surface area contributed by atoms with Crippen molar-refractivity contribution in [1.29, 1.82) is 0 Å². The molecule has 4 rings (SSSR count). The van der Waals surface area contributed by atoms with E-state index in [0.29, 0.717) is 0 Å². The highest BCUT2D eigenvalue weighted by molar-refractivity contribution is 9.13. The lowest BCUT2D eigenvalue weighted by molar-refractivity contribution is 0.560. The number of benzene rings is 2. The standard InChI is InChI=1S/C17H13Br3N2/c18-10-2-4-15-12(8-10)11-5-6-21-16(17(11)22-15)9-1-3-13(19)14(20)7-9/h1-4,7-8,16,21-22H,5-6H2. The van der Waals surface area contributed by atoms with Gasteiger partial charge in [-0.3, -0.25) is 0 Å². The lowest BCUT2D eigenvalue weighted by Gasteiger charge is -2.25. The Morgan fingerprint density at radius 1 is 0.955 bits per heavy atom. The molecule has 1 aliphatic heterocycles. The molecule has 0 spiro atoms. The Morgan fingerprint density at radius 2 is 1.82 bits per heavy atom. The molecule has 0 aliphatic carbocycles. The second-order valence-electron chi connectivity index (χ2n) is 5.52. The fraction of sp³-hybridized carbons (Fsp3) is 0.176. The zero-order valence-electron chi connectivity index (χ0n) is 11.6. The number of halogens is 3. The molecule has 0 bridgehead atoms. The molecule has 0 saturated carbocycles. The average molecular weight is 485 g/mol. The first-order valence-electron chi connectivity index (χ1n) is 7.12. The van der Waals surface area contributed by atoms with E-state index in [1.165, 1.54) is 27.7 Å². The summed E-state index contributed by atoms with van der Waals surface area (Å²) >= 11 is 10.7. The summed E-state index contributed by atoms with van der Waals surface area (Å²) in [7, 11) is 0. The molecule has 2 nitrogen and oxygen atoms in total. The van der Waals surface area contributed by atoms with E-state index in [0.717, 1.165) is 26.4 Å². The van der Waals surface area contributed by atoms with Gasteiger partial charge in [0.15, 0.2) is 0 Å². The minimum atomic E-state index is 0.208.